The number of aromatic hydroxyl groups is 1. The van der Waals surface area contributed by atoms with E-state index in [-0.39, 0.29) is 40.4 Å². The molecule has 1 aromatic carbocycles. The lowest BCUT2D eigenvalue weighted by molar-refractivity contribution is 0.339. The molecule has 0 aliphatic heterocycles. The lowest BCUT2D eigenvalue weighted by atomic mass is 10.3. The summed E-state index contributed by atoms with van der Waals surface area (Å²) in [6.45, 7) is 1.75. The SMILES string of the molecule is CCOS(=O)(=O)CCSCCCc1nc2c(cnn2-c2ccc(F)cc2O)c(=O)[nH]1. The molecule has 2 aromatic heterocycles. The van der Waals surface area contributed by atoms with Gasteiger partial charge in [0.15, 0.2) is 5.65 Å². The van der Waals surface area contributed by atoms with E-state index in [2.05, 4.69) is 19.2 Å². The minimum Gasteiger partial charge on any atom is -0.506 e. The summed E-state index contributed by atoms with van der Waals surface area (Å²) in [6.07, 6.45) is 2.48. The topological polar surface area (TPSA) is 127 Å². The summed E-state index contributed by atoms with van der Waals surface area (Å²) in [4.78, 5) is 19.5. The predicted molar refractivity (Wildman–Crippen MR) is 112 cm³/mol. The molecule has 30 heavy (non-hydrogen) atoms. The van der Waals surface area contributed by atoms with Crippen molar-refractivity contribution >= 4 is 32.9 Å². The average molecular weight is 457 g/mol. The Morgan fingerprint density at radius 3 is 2.87 bits per heavy atom. The highest BCUT2D eigenvalue weighted by atomic mass is 32.2. The van der Waals surface area contributed by atoms with Crippen LogP contribution in [0.4, 0.5) is 4.39 Å². The normalized spacial score (nSPS) is 11.9. The zero-order valence-corrected chi connectivity index (χ0v) is 17.8. The fourth-order valence-corrected chi connectivity index (χ4v) is 5.09. The van der Waals surface area contributed by atoms with Crippen molar-refractivity contribution in [2.45, 2.75) is 19.8 Å². The van der Waals surface area contributed by atoms with Crippen LogP contribution in [0.3, 0.4) is 0 Å². The third-order valence-corrected chi connectivity index (χ3v) is 6.76. The van der Waals surface area contributed by atoms with E-state index in [1.54, 1.807) is 6.92 Å². The summed E-state index contributed by atoms with van der Waals surface area (Å²) in [5.74, 6) is 0.585. The van der Waals surface area contributed by atoms with Crippen molar-refractivity contribution in [1.82, 2.24) is 19.7 Å². The van der Waals surface area contributed by atoms with E-state index >= 15 is 0 Å². The standard InChI is InChI=1S/C18H21FN4O5S2/c1-2-28-30(26,27)9-8-29-7-3-4-16-21-17-13(18(25)22-16)11-20-23(17)14-6-5-12(19)10-15(14)24/h5-6,10-11,24H,2-4,7-9H2,1H3,(H,21,22,25). The Kier molecular flexibility index (Phi) is 7.10. The first-order valence-corrected chi connectivity index (χ1v) is 11.9. The Labute approximate surface area is 176 Å². The largest absolute Gasteiger partial charge is 0.506 e. The monoisotopic (exact) mass is 456 g/mol. The molecule has 0 aliphatic rings. The van der Waals surface area contributed by atoms with Gasteiger partial charge in [0.1, 0.15) is 28.5 Å². The van der Waals surface area contributed by atoms with Crippen molar-refractivity contribution in [2.75, 3.05) is 23.9 Å². The zero-order chi connectivity index (χ0) is 21.7. The van der Waals surface area contributed by atoms with Crippen LogP contribution in [0.1, 0.15) is 19.2 Å². The van der Waals surface area contributed by atoms with E-state index in [1.807, 2.05) is 0 Å². The molecule has 0 unspecified atom stereocenters. The molecule has 0 spiro atoms. The molecule has 3 rings (SSSR count). The Balaban J connectivity index is 1.67. The number of fused-ring (bicyclic) bond motifs is 1. The van der Waals surface area contributed by atoms with E-state index in [9.17, 15) is 22.7 Å². The zero-order valence-electron chi connectivity index (χ0n) is 16.2. The molecular formula is C18H21FN4O5S2. The number of rotatable bonds is 10. The number of H-pyrrole nitrogens is 1. The number of aromatic nitrogens is 4. The van der Waals surface area contributed by atoms with Crippen LogP contribution in [0.15, 0.2) is 29.2 Å². The van der Waals surface area contributed by atoms with Crippen molar-refractivity contribution in [1.29, 1.82) is 0 Å². The van der Waals surface area contributed by atoms with Crippen molar-refractivity contribution in [3.63, 3.8) is 0 Å². The van der Waals surface area contributed by atoms with Crippen LogP contribution in [-0.2, 0) is 20.7 Å². The summed E-state index contributed by atoms with van der Waals surface area (Å²) < 4.78 is 42.2. The van der Waals surface area contributed by atoms with E-state index in [0.29, 0.717) is 30.2 Å². The minimum atomic E-state index is -3.47. The molecule has 162 valence electrons. The first kappa shape index (κ1) is 22.2. The van der Waals surface area contributed by atoms with Gasteiger partial charge in [0, 0.05) is 18.2 Å². The number of thioether (sulfide) groups is 1. The van der Waals surface area contributed by atoms with E-state index in [1.165, 1.54) is 34.8 Å². The Morgan fingerprint density at radius 2 is 2.13 bits per heavy atom. The van der Waals surface area contributed by atoms with Crippen LogP contribution in [-0.4, -0.2) is 57.1 Å². The first-order valence-electron chi connectivity index (χ1n) is 9.21. The van der Waals surface area contributed by atoms with E-state index in [4.69, 9.17) is 0 Å². The highest BCUT2D eigenvalue weighted by molar-refractivity contribution is 8.00. The third kappa shape index (κ3) is 5.37. The number of nitrogens with one attached hydrogen (secondary N) is 1. The number of nitrogens with zero attached hydrogens (tertiary/aromatic N) is 3. The maximum absolute atomic E-state index is 13.3. The molecule has 0 atom stereocenters. The van der Waals surface area contributed by atoms with Crippen molar-refractivity contribution in [3.05, 3.63) is 46.4 Å². The van der Waals surface area contributed by atoms with Gasteiger partial charge in [0.05, 0.1) is 18.6 Å². The highest BCUT2D eigenvalue weighted by Crippen LogP contribution is 2.24. The molecule has 3 aromatic rings. The fraction of sp³-hybridized carbons (Fsp3) is 0.389. The minimum absolute atomic E-state index is 0.0487. The second-order valence-corrected chi connectivity index (χ2v) is 9.31. The molecule has 0 saturated carbocycles. The van der Waals surface area contributed by atoms with Crippen LogP contribution in [0, 0.1) is 5.82 Å². The first-order chi connectivity index (χ1) is 14.3. The van der Waals surface area contributed by atoms with Crippen LogP contribution >= 0.6 is 11.8 Å². The molecule has 0 fully saturated rings. The van der Waals surface area contributed by atoms with Gasteiger partial charge in [-0.1, -0.05) is 0 Å². The Bertz CT molecular complexity index is 1190. The number of phenolic OH excluding ortho intramolecular Hbond substituents is 1. The highest BCUT2D eigenvalue weighted by Gasteiger charge is 2.15. The summed E-state index contributed by atoms with van der Waals surface area (Å²) in [7, 11) is -3.47. The van der Waals surface area contributed by atoms with Gasteiger partial charge in [-0.15, -0.1) is 0 Å². The van der Waals surface area contributed by atoms with Crippen molar-refractivity contribution in [2.24, 2.45) is 0 Å². The molecule has 0 aliphatic carbocycles. The Morgan fingerprint density at radius 1 is 1.33 bits per heavy atom. The molecule has 12 heteroatoms. The van der Waals surface area contributed by atoms with Gasteiger partial charge in [0.2, 0.25) is 0 Å². The summed E-state index contributed by atoms with van der Waals surface area (Å²) in [6, 6.07) is 3.49. The van der Waals surface area contributed by atoms with E-state index in [0.717, 1.165) is 6.07 Å². The van der Waals surface area contributed by atoms with Gasteiger partial charge in [-0.2, -0.15) is 25.3 Å². The molecule has 0 saturated heterocycles. The van der Waals surface area contributed by atoms with Gasteiger partial charge in [-0.25, -0.2) is 14.1 Å². The van der Waals surface area contributed by atoms with Crippen LogP contribution in [0.5, 0.6) is 5.75 Å². The van der Waals surface area contributed by atoms with Gasteiger partial charge >= 0.3 is 0 Å². The fourth-order valence-electron chi connectivity index (χ4n) is 2.78. The Hall–Kier alpha value is -2.44. The number of aromatic amines is 1. The van der Waals surface area contributed by atoms with Gasteiger partial charge in [-0.05, 0) is 31.2 Å². The van der Waals surface area contributed by atoms with E-state index < -0.39 is 15.9 Å². The second kappa shape index (κ2) is 9.58. The van der Waals surface area contributed by atoms with Crippen LogP contribution in [0.25, 0.3) is 16.7 Å². The molecule has 0 amide bonds. The summed E-state index contributed by atoms with van der Waals surface area (Å²) in [5, 5.41) is 14.4. The number of benzene rings is 1. The number of aryl methyl sites for hydroxylation is 1. The quantitative estimate of drug-likeness (QED) is 0.350. The van der Waals surface area contributed by atoms with Gasteiger partial charge < -0.3 is 10.1 Å². The maximum Gasteiger partial charge on any atom is 0.268 e. The van der Waals surface area contributed by atoms with Crippen LogP contribution in [0.2, 0.25) is 0 Å². The predicted octanol–water partition coefficient (Wildman–Crippen LogP) is 1.99. The molecule has 0 radical (unpaired) electrons. The molecule has 0 bridgehead atoms. The lowest BCUT2D eigenvalue weighted by Gasteiger charge is -2.07. The van der Waals surface area contributed by atoms with Gasteiger partial charge in [-0.3, -0.25) is 8.98 Å². The van der Waals surface area contributed by atoms with Gasteiger partial charge in [0.25, 0.3) is 15.7 Å². The number of phenols is 1. The van der Waals surface area contributed by atoms with Crippen molar-refractivity contribution < 1.29 is 22.1 Å². The van der Waals surface area contributed by atoms with Crippen molar-refractivity contribution in [3.8, 4) is 11.4 Å². The molecule has 9 nitrogen and oxygen atoms in total. The molecular weight excluding hydrogens is 435 g/mol. The number of halogens is 1. The van der Waals surface area contributed by atoms with Crippen LogP contribution < -0.4 is 5.56 Å². The number of hydrogen-bond acceptors (Lipinski definition) is 8. The lowest BCUT2D eigenvalue weighted by Crippen LogP contribution is -2.13. The third-order valence-electron chi connectivity index (χ3n) is 4.13. The maximum atomic E-state index is 13.3. The molecule has 2 heterocycles. The average Bonchev–Trinajstić information content (AvgIpc) is 3.09. The summed E-state index contributed by atoms with van der Waals surface area (Å²) in [5.41, 5.74) is 0.103. The second-order valence-electron chi connectivity index (χ2n) is 6.32. The molecule has 2 N–H and O–H groups in total. The summed E-state index contributed by atoms with van der Waals surface area (Å²) >= 11 is 1.47. The smallest absolute Gasteiger partial charge is 0.268 e. The number of hydrogen-bond donors (Lipinski definition) is 2.